The Balaban J connectivity index is 2.73. The Kier molecular flexibility index (Phi) is 5.63. The van der Waals surface area contributed by atoms with Gasteiger partial charge in [0.1, 0.15) is 6.04 Å². The molecule has 1 fully saturated rings. The monoisotopic (exact) mass is 270 g/mol. The highest BCUT2D eigenvalue weighted by Gasteiger charge is 2.33. The van der Waals surface area contributed by atoms with Crippen molar-refractivity contribution in [2.24, 2.45) is 5.92 Å². The fraction of sp³-hybridized carbons (Fsp3) is 0.857. The van der Waals surface area contributed by atoms with Crippen molar-refractivity contribution in [1.29, 1.82) is 0 Å². The number of nitrogens with zero attached hydrogens (tertiary/aromatic N) is 1. The molecule has 0 bridgehead atoms. The maximum absolute atomic E-state index is 12.3. The van der Waals surface area contributed by atoms with Gasteiger partial charge in [-0.2, -0.15) is 0 Å². The van der Waals surface area contributed by atoms with E-state index in [2.05, 4.69) is 5.32 Å². The molecule has 0 aromatic heterocycles. The molecule has 110 valence electrons. The lowest BCUT2D eigenvalue weighted by molar-refractivity contribution is -0.140. The van der Waals surface area contributed by atoms with Gasteiger partial charge < -0.3 is 15.3 Å². The number of likely N-dealkylation sites (tertiary alicyclic amines) is 1. The van der Waals surface area contributed by atoms with Crippen LogP contribution in [-0.4, -0.2) is 40.1 Å². The molecule has 5 heteroatoms. The highest BCUT2D eigenvalue weighted by atomic mass is 16.4. The lowest BCUT2D eigenvalue weighted by Gasteiger charge is -2.39. The van der Waals surface area contributed by atoms with Crippen LogP contribution in [0.25, 0.3) is 0 Å². The number of nitrogens with one attached hydrogen (secondary N) is 1. The van der Waals surface area contributed by atoms with Crippen molar-refractivity contribution in [3.8, 4) is 0 Å². The van der Waals surface area contributed by atoms with Gasteiger partial charge in [0.05, 0.1) is 0 Å². The average Bonchev–Trinajstić information content (AvgIpc) is 2.34. The van der Waals surface area contributed by atoms with Crippen molar-refractivity contribution in [3.05, 3.63) is 0 Å². The first-order chi connectivity index (χ1) is 8.88. The highest BCUT2D eigenvalue weighted by Crippen LogP contribution is 2.22. The summed E-state index contributed by atoms with van der Waals surface area (Å²) in [5.41, 5.74) is 0. The van der Waals surface area contributed by atoms with Gasteiger partial charge in [-0.1, -0.05) is 20.3 Å². The summed E-state index contributed by atoms with van der Waals surface area (Å²) in [5.74, 6) is -1.03. The summed E-state index contributed by atoms with van der Waals surface area (Å²) < 4.78 is 0. The van der Waals surface area contributed by atoms with E-state index in [1.807, 2.05) is 27.7 Å². The zero-order valence-corrected chi connectivity index (χ0v) is 12.3. The molecule has 2 N–H and O–H groups in total. The second kappa shape index (κ2) is 6.78. The number of carboxylic acid groups (broad SMARTS) is 1. The normalized spacial score (nSPS) is 26.6. The summed E-state index contributed by atoms with van der Waals surface area (Å²) >= 11 is 0. The summed E-state index contributed by atoms with van der Waals surface area (Å²) in [6.07, 6.45) is 3.82. The molecule has 0 radical (unpaired) electrons. The lowest BCUT2D eigenvalue weighted by atomic mass is 9.97. The van der Waals surface area contributed by atoms with E-state index in [-0.39, 0.29) is 24.0 Å². The summed E-state index contributed by atoms with van der Waals surface area (Å²) in [5, 5.41) is 11.9. The third kappa shape index (κ3) is 3.85. The van der Waals surface area contributed by atoms with Crippen molar-refractivity contribution in [1.82, 2.24) is 10.2 Å². The third-order valence-corrected chi connectivity index (χ3v) is 4.19. The van der Waals surface area contributed by atoms with Crippen molar-refractivity contribution >= 4 is 12.0 Å². The first-order valence-electron chi connectivity index (χ1n) is 7.20. The Morgan fingerprint density at radius 3 is 2.26 bits per heavy atom. The van der Waals surface area contributed by atoms with Gasteiger partial charge in [0, 0.05) is 12.1 Å². The van der Waals surface area contributed by atoms with E-state index < -0.39 is 12.0 Å². The quantitative estimate of drug-likeness (QED) is 0.824. The van der Waals surface area contributed by atoms with Gasteiger partial charge in [-0.3, -0.25) is 0 Å². The molecule has 0 aliphatic carbocycles. The number of carboxylic acids is 1. The van der Waals surface area contributed by atoms with Crippen molar-refractivity contribution in [3.63, 3.8) is 0 Å². The molecule has 1 saturated heterocycles. The minimum atomic E-state index is -0.958. The number of carbonyl (C=O) groups is 2. The van der Waals surface area contributed by atoms with E-state index in [1.165, 1.54) is 0 Å². The standard InChI is InChI=1S/C14H26N2O3/c1-5-9(2)12(13(17)18)15-14(19)16-10(3)7-6-8-11(16)4/h9-12H,5-8H2,1-4H3,(H,15,19)(H,17,18)/t9-,10?,11?,12-/m0/s1. The van der Waals surface area contributed by atoms with Crippen LogP contribution in [0.3, 0.4) is 0 Å². The van der Waals surface area contributed by atoms with E-state index in [9.17, 15) is 14.7 Å². The van der Waals surface area contributed by atoms with Crippen LogP contribution in [0.1, 0.15) is 53.4 Å². The van der Waals surface area contributed by atoms with Crippen molar-refractivity contribution < 1.29 is 14.7 Å². The minimum absolute atomic E-state index is 0.0724. The molecule has 2 unspecified atom stereocenters. The van der Waals surface area contributed by atoms with Crippen LogP contribution in [0.15, 0.2) is 0 Å². The number of hydrogen-bond donors (Lipinski definition) is 2. The fourth-order valence-corrected chi connectivity index (χ4v) is 2.71. The van der Waals surface area contributed by atoms with Gasteiger partial charge in [0.25, 0.3) is 0 Å². The maximum atomic E-state index is 12.3. The SMILES string of the molecule is CC[C@H](C)[C@H](NC(=O)N1C(C)CCCC1C)C(=O)O. The van der Waals surface area contributed by atoms with Gasteiger partial charge in [0.2, 0.25) is 0 Å². The molecule has 5 nitrogen and oxygen atoms in total. The molecule has 0 saturated carbocycles. The molecule has 0 spiro atoms. The Labute approximate surface area is 115 Å². The number of urea groups is 1. The van der Waals surface area contributed by atoms with Crippen LogP contribution < -0.4 is 5.32 Å². The fourth-order valence-electron chi connectivity index (χ4n) is 2.71. The van der Waals surface area contributed by atoms with E-state index in [1.54, 1.807) is 4.90 Å². The summed E-state index contributed by atoms with van der Waals surface area (Å²) in [6, 6.07) is -0.698. The Bertz CT molecular complexity index is 323. The van der Waals surface area contributed by atoms with Crippen LogP contribution in [0.4, 0.5) is 4.79 Å². The minimum Gasteiger partial charge on any atom is -0.480 e. The number of amides is 2. The molecule has 19 heavy (non-hydrogen) atoms. The summed E-state index contributed by atoms with van der Waals surface area (Å²) in [6.45, 7) is 7.82. The second-order valence-corrected chi connectivity index (χ2v) is 5.69. The van der Waals surface area contributed by atoms with Gasteiger partial charge in [-0.15, -0.1) is 0 Å². The van der Waals surface area contributed by atoms with E-state index in [4.69, 9.17) is 0 Å². The predicted octanol–water partition coefficient (Wildman–Crippen LogP) is 2.46. The molecular weight excluding hydrogens is 244 g/mol. The van der Waals surface area contributed by atoms with E-state index in [0.29, 0.717) is 0 Å². The Morgan fingerprint density at radius 1 is 1.32 bits per heavy atom. The Hall–Kier alpha value is -1.26. The van der Waals surface area contributed by atoms with Gasteiger partial charge in [-0.25, -0.2) is 9.59 Å². The molecule has 0 aromatic carbocycles. The second-order valence-electron chi connectivity index (χ2n) is 5.69. The van der Waals surface area contributed by atoms with Crippen LogP contribution in [-0.2, 0) is 4.79 Å². The largest absolute Gasteiger partial charge is 0.480 e. The summed E-state index contributed by atoms with van der Waals surface area (Å²) in [7, 11) is 0. The molecule has 0 aromatic rings. The molecule has 1 aliphatic heterocycles. The zero-order chi connectivity index (χ0) is 14.6. The number of piperidine rings is 1. The van der Waals surface area contributed by atoms with E-state index >= 15 is 0 Å². The third-order valence-electron chi connectivity index (χ3n) is 4.19. The number of aliphatic carboxylic acids is 1. The molecule has 2 amide bonds. The van der Waals surface area contributed by atoms with Crippen LogP contribution in [0.5, 0.6) is 0 Å². The average molecular weight is 270 g/mol. The van der Waals surface area contributed by atoms with Gasteiger partial charge in [-0.05, 0) is 39.0 Å². The number of carbonyl (C=O) groups excluding carboxylic acids is 1. The predicted molar refractivity (Wildman–Crippen MR) is 74.0 cm³/mol. The van der Waals surface area contributed by atoms with Crippen molar-refractivity contribution in [2.45, 2.75) is 71.5 Å². The Morgan fingerprint density at radius 2 is 1.84 bits per heavy atom. The first-order valence-corrected chi connectivity index (χ1v) is 7.20. The molecule has 4 atom stereocenters. The lowest BCUT2D eigenvalue weighted by Crippen LogP contribution is -2.56. The van der Waals surface area contributed by atoms with Crippen LogP contribution in [0.2, 0.25) is 0 Å². The zero-order valence-electron chi connectivity index (χ0n) is 12.3. The number of hydrogen-bond acceptors (Lipinski definition) is 2. The van der Waals surface area contributed by atoms with E-state index in [0.717, 1.165) is 25.7 Å². The smallest absolute Gasteiger partial charge is 0.326 e. The molecule has 1 aliphatic rings. The molecular formula is C14H26N2O3. The van der Waals surface area contributed by atoms with Gasteiger partial charge in [0.15, 0.2) is 0 Å². The van der Waals surface area contributed by atoms with Gasteiger partial charge >= 0.3 is 12.0 Å². The highest BCUT2D eigenvalue weighted by molar-refractivity contribution is 5.83. The molecule has 1 rings (SSSR count). The van der Waals surface area contributed by atoms with Crippen LogP contribution in [0, 0.1) is 5.92 Å². The van der Waals surface area contributed by atoms with Crippen LogP contribution >= 0.6 is 0 Å². The first kappa shape index (κ1) is 15.8. The maximum Gasteiger partial charge on any atom is 0.326 e. The van der Waals surface area contributed by atoms with Crippen molar-refractivity contribution in [2.75, 3.05) is 0 Å². The molecule has 1 heterocycles. The topological polar surface area (TPSA) is 69.6 Å². The summed E-state index contributed by atoms with van der Waals surface area (Å²) in [4.78, 5) is 25.3. The number of rotatable bonds is 4.